The molecule has 13 heteroatoms. The Morgan fingerprint density at radius 3 is 2.47 bits per heavy atom. The van der Waals surface area contributed by atoms with Crippen molar-refractivity contribution in [3.05, 3.63) is 123 Å². The minimum Gasteiger partial charge on any atom is -0.496 e. The fraction of sp³-hybridized carbons (Fsp3) is 0.265. The molecule has 3 aromatic carbocycles. The van der Waals surface area contributed by atoms with Crippen molar-refractivity contribution in [3.8, 4) is 17.2 Å². The van der Waals surface area contributed by atoms with Gasteiger partial charge >= 0.3 is 5.97 Å². The topological polar surface area (TPSA) is 131 Å². The largest absolute Gasteiger partial charge is 0.496 e. The number of hydrogen-bond acceptors (Lipinski definition) is 10. The van der Waals surface area contributed by atoms with Crippen LogP contribution in [0.4, 0.5) is 5.69 Å². The molecule has 0 bridgehead atoms. The second-order valence-electron chi connectivity index (χ2n) is 10.4. The molecule has 244 valence electrons. The first-order valence-corrected chi connectivity index (χ1v) is 16.4. The van der Waals surface area contributed by atoms with Gasteiger partial charge in [-0.05, 0) is 49.2 Å². The monoisotopic (exact) mass is 721 g/mol. The highest BCUT2D eigenvalue weighted by molar-refractivity contribution is 9.10. The van der Waals surface area contributed by atoms with Gasteiger partial charge in [0.05, 0.1) is 53.2 Å². The Kier molecular flexibility index (Phi) is 10.6. The van der Waals surface area contributed by atoms with Crippen LogP contribution >= 0.6 is 27.3 Å². The van der Waals surface area contributed by atoms with E-state index in [2.05, 4.69) is 15.9 Å². The van der Waals surface area contributed by atoms with Gasteiger partial charge in [0.15, 0.2) is 16.3 Å². The van der Waals surface area contributed by atoms with Gasteiger partial charge in [-0.2, -0.15) is 0 Å². The molecule has 2 heterocycles. The number of aromatic nitrogens is 1. The van der Waals surface area contributed by atoms with E-state index in [4.69, 9.17) is 23.9 Å². The molecule has 0 saturated carbocycles. The number of rotatable bonds is 12. The molecule has 0 amide bonds. The Balaban J connectivity index is 1.71. The third-order valence-electron chi connectivity index (χ3n) is 7.41. The van der Waals surface area contributed by atoms with E-state index in [1.54, 1.807) is 25.1 Å². The summed E-state index contributed by atoms with van der Waals surface area (Å²) >= 11 is 4.58. The van der Waals surface area contributed by atoms with Crippen LogP contribution < -0.4 is 29.1 Å². The highest BCUT2D eigenvalue weighted by Crippen LogP contribution is 2.39. The van der Waals surface area contributed by atoms with E-state index in [-0.39, 0.29) is 46.1 Å². The van der Waals surface area contributed by atoms with Gasteiger partial charge in [-0.15, -0.1) is 0 Å². The summed E-state index contributed by atoms with van der Waals surface area (Å²) in [4.78, 5) is 44.6. The number of thiazole rings is 1. The fourth-order valence-corrected chi connectivity index (χ4v) is 6.71. The van der Waals surface area contributed by atoms with E-state index in [1.807, 2.05) is 37.3 Å². The van der Waals surface area contributed by atoms with Gasteiger partial charge in [-0.3, -0.25) is 19.5 Å². The Morgan fingerprint density at radius 1 is 1.06 bits per heavy atom. The van der Waals surface area contributed by atoms with Crippen LogP contribution in [0.3, 0.4) is 0 Å². The maximum Gasteiger partial charge on any atom is 0.338 e. The lowest BCUT2D eigenvalue weighted by molar-refractivity contribution is -0.385. The molecule has 5 rings (SSSR count). The van der Waals surface area contributed by atoms with Gasteiger partial charge in [-0.1, -0.05) is 70.9 Å². The molecule has 0 unspecified atom stereocenters. The number of carbonyl (C=O) groups is 1. The first-order valence-electron chi connectivity index (χ1n) is 14.8. The summed E-state index contributed by atoms with van der Waals surface area (Å²) in [5.41, 5.74) is 1.53. The van der Waals surface area contributed by atoms with Gasteiger partial charge in [0, 0.05) is 10.0 Å². The highest BCUT2D eigenvalue weighted by Gasteiger charge is 2.36. The van der Waals surface area contributed by atoms with E-state index in [1.165, 1.54) is 37.0 Å². The van der Waals surface area contributed by atoms with Crippen molar-refractivity contribution in [2.75, 3.05) is 20.8 Å². The maximum atomic E-state index is 14.3. The third-order valence-corrected chi connectivity index (χ3v) is 8.89. The molecule has 4 aromatic rings. The van der Waals surface area contributed by atoms with E-state index in [0.717, 1.165) is 16.9 Å². The van der Waals surface area contributed by atoms with Gasteiger partial charge in [0.2, 0.25) is 0 Å². The molecule has 47 heavy (non-hydrogen) atoms. The summed E-state index contributed by atoms with van der Waals surface area (Å²) in [6, 6.07) is 16.5. The molecule has 1 aromatic heterocycles. The molecular weight excluding hydrogens is 690 g/mol. The quantitative estimate of drug-likeness (QED) is 0.101. The SMILES string of the molecule is CCCC1=C(C(=O)OCC)[C@H](c2cc(Br)ccc2OC)n2c(s/c(=C/c3cc(OC)c(OCc4ccccc4)cc3[N+](=O)[O-])c2=O)=N1. The van der Waals surface area contributed by atoms with Gasteiger partial charge < -0.3 is 18.9 Å². The summed E-state index contributed by atoms with van der Waals surface area (Å²) in [7, 11) is 2.95. The average Bonchev–Trinajstić information content (AvgIpc) is 3.37. The van der Waals surface area contributed by atoms with Crippen molar-refractivity contribution in [1.82, 2.24) is 4.57 Å². The zero-order chi connectivity index (χ0) is 33.7. The maximum absolute atomic E-state index is 14.3. The number of hydrogen-bond donors (Lipinski definition) is 0. The Labute approximate surface area is 282 Å². The van der Waals surface area contributed by atoms with Gasteiger partial charge in [-0.25, -0.2) is 9.79 Å². The van der Waals surface area contributed by atoms with E-state index < -0.39 is 22.5 Å². The number of fused-ring (bicyclic) bond motifs is 1. The normalized spacial score (nSPS) is 14.3. The molecule has 1 aliphatic heterocycles. The van der Waals surface area contributed by atoms with E-state index in [9.17, 15) is 19.7 Å². The minimum absolute atomic E-state index is 0.130. The van der Waals surface area contributed by atoms with Crippen molar-refractivity contribution in [1.29, 1.82) is 0 Å². The van der Waals surface area contributed by atoms with Crippen molar-refractivity contribution >= 4 is 45.0 Å². The number of halogens is 1. The Morgan fingerprint density at radius 2 is 1.81 bits per heavy atom. The second kappa shape index (κ2) is 14.8. The number of allylic oxidation sites excluding steroid dienone is 1. The number of carbonyl (C=O) groups excluding carboxylic acids is 1. The van der Waals surface area contributed by atoms with Gasteiger partial charge in [0.25, 0.3) is 11.2 Å². The zero-order valence-electron chi connectivity index (χ0n) is 26.2. The number of nitro benzene ring substituents is 1. The van der Waals surface area contributed by atoms with Crippen LogP contribution in [0.1, 0.15) is 49.4 Å². The molecule has 0 fully saturated rings. The Bertz CT molecular complexity index is 2040. The lowest BCUT2D eigenvalue weighted by Gasteiger charge is -2.27. The van der Waals surface area contributed by atoms with Crippen LogP contribution in [0.15, 0.2) is 86.2 Å². The van der Waals surface area contributed by atoms with Crippen LogP contribution in [0.25, 0.3) is 6.08 Å². The standard InChI is InChI=1S/C34H32BrN3O8S/c1-5-10-24-30(33(40)45-6-2)31(23-17-22(35)13-14-26(23)43-3)37-32(39)29(47-34(37)36-24)16-21-15-27(44-4)28(18-25(21)38(41)42)46-19-20-11-8-7-9-12-20/h7-9,11-18,31H,5-6,10,19H2,1-4H3/b29-16+/t31-/m0/s1. The Hall–Kier alpha value is -4.75. The molecule has 1 atom stereocenters. The number of nitro groups is 1. The number of benzene rings is 3. The summed E-state index contributed by atoms with van der Waals surface area (Å²) in [6.45, 7) is 3.98. The fourth-order valence-electron chi connectivity index (χ4n) is 5.32. The number of ether oxygens (including phenoxy) is 4. The van der Waals surface area contributed by atoms with Crippen LogP contribution in [-0.2, 0) is 16.1 Å². The minimum atomic E-state index is -0.931. The molecule has 0 radical (unpaired) electrons. The van der Waals surface area contributed by atoms with E-state index >= 15 is 0 Å². The molecule has 0 saturated heterocycles. The lowest BCUT2D eigenvalue weighted by atomic mass is 9.93. The van der Waals surface area contributed by atoms with Crippen molar-refractivity contribution in [2.45, 2.75) is 39.3 Å². The number of nitrogens with zero attached hydrogens (tertiary/aromatic N) is 3. The predicted octanol–water partition coefficient (Wildman–Crippen LogP) is 5.85. The first kappa shape index (κ1) is 33.6. The molecule has 11 nitrogen and oxygen atoms in total. The molecular formula is C34H32BrN3O8S. The summed E-state index contributed by atoms with van der Waals surface area (Å²) in [6.07, 6.45) is 2.58. The van der Waals surface area contributed by atoms with Gasteiger partial charge in [0.1, 0.15) is 18.4 Å². The van der Waals surface area contributed by atoms with Crippen LogP contribution in [-0.4, -0.2) is 36.3 Å². The molecule has 0 N–H and O–H groups in total. The summed E-state index contributed by atoms with van der Waals surface area (Å²) in [5, 5.41) is 12.3. The number of esters is 1. The second-order valence-corrected chi connectivity index (χ2v) is 12.3. The van der Waals surface area contributed by atoms with Crippen molar-refractivity contribution < 1.29 is 28.7 Å². The smallest absolute Gasteiger partial charge is 0.338 e. The van der Waals surface area contributed by atoms with Crippen molar-refractivity contribution in [2.24, 2.45) is 4.99 Å². The summed E-state index contributed by atoms with van der Waals surface area (Å²) < 4.78 is 24.9. The van der Waals surface area contributed by atoms with Crippen molar-refractivity contribution in [3.63, 3.8) is 0 Å². The molecule has 0 aliphatic carbocycles. The first-order chi connectivity index (χ1) is 22.7. The predicted molar refractivity (Wildman–Crippen MR) is 181 cm³/mol. The van der Waals surface area contributed by atoms with E-state index in [0.29, 0.717) is 39.1 Å². The molecule has 1 aliphatic rings. The number of methoxy groups -OCH3 is 2. The van der Waals surface area contributed by atoms with Crippen LogP contribution in [0.5, 0.6) is 17.2 Å². The van der Waals surface area contributed by atoms with Crippen LogP contribution in [0, 0.1) is 10.1 Å². The molecule has 0 spiro atoms. The zero-order valence-corrected chi connectivity index (χ0v) is 28.6. The average molecular weight is 723 g/mol. The third kappa shape index (κ3) is 7.00. The highest BCUT2D eigenvalue weighted by atomic mass is 79.9. The lowest BCUT2D eigenvalue weighted by Crippen LogP contribution is -2.40. The summed E-state index contributed by atoms with van der Waals surface area (Å²) in [5.74, 6) is 0.315. The van der Waals surface area contributed by atoms with Crippen LogP contribution in [0.2, 0.25) is 0 Å².